The highest BCUT2D eigenvalue weighted by Crippen LogP contribution is 2.25. The summed E-state index contributed by atoms with van der Waals surface area (Å²) < 4.78 is 5.28. The van der Waals surface area contributed by atoms with Crippen molar-refractivity contribution >= 4 is 28.9 Å². The third-order valence-corrected chi connectivity index (χ3v) is 5.04. The Morgan fingerprint density at radius 3 is 2.37 bits per heavy atom. The zero-order valence-electron chi connectivity index (χ0n) is 16.9. The maximum absolute atomic E-state index is 12.7. The van der Waals surface area contributed by atoms with Crippen molar-refractivity contribution in [3.8, 4) is 0 Å². The van der Waals surface area contributed by atoms with Gasteiger partial charge >= 0.3 is 5.97 Å². The molecule has 1 aliphatic heterocycles. The SMILES string of the molecule is CNc1ccc(C(=O)O[C@@H](C)C(=O)N2CCN(c3ccccc3)CC2)cc1[N+](=O)[O-]. The van der Waals surface area contributed by atoms with E-state index in [0.29, 0.717) is 26.2 Å². The first-order valence-electron chi connectivity index (χ1n) is 9.66. The van der Waals surface area contributed by atoms with Gasteiger partial charge in [0, 0.05) is 45.0 Å². The number of ether oxygens (including phenoxy) is 1. The highest BCUT2D eigenvalue weighted by atomic mass is 16.6. The van der Waals surface area contributed by atoms with Crippen LogP contribution >= 0.6 is 0 Å². The first-order chi connectivity index (χ1) is 14.4. The normalized spacial score (nSPS) is 14.7. The molecule has 0 aliphatic carbocycles. The average molecular weight is 412 g/mol. The minimum atomic E-state index is -0.983. The zero-order valence-corrected chi connectivity index (χ0v) is 16.9. The lowest BCUT2D eigenvalue weighted by molar-refractivity contribution is -0.384. The van der Waals surface area contributed by atoms with Crippen molar-refractivity contribution in [2.24, 2.45) is 0 Å². The summed E-state index contributed by atoms with van der Waals surface area (Å²) in [4.78, 5) is 39.6. The molecule has 158 valence electrons. The predicted molar refractivity (Wildman–Crippen MR) is 113 cm³/mol. The second kappa shape index (κ2) is 9.25. The highest BCUT2D eigenvalue weighted by molar-refractivity contribution is 5.93. The standard InChI is InChI=1S/C21H24N4O5/c1-15(30-21(27)16-8-9-18(22-2)19(14-16)25(28)29)20(26)24-12-10-23(11-13-24)17-6-4-3-5-7-17/h3-9,14-15,22H,10-13H2,1-2H3/t15-/m0/s1. The van der Waals surface area contributed by atoms with E-state index in [9.17, 15) is 19.7 Å². The van der Waals surface area contributed by atoms with Crippen molar-refractivity contribution in [1.29, 1.82) is 0 Å². The molecule has 0 saturated carbocycles. The van der Waals surface area contributed by atoms with Gasteiger partial charge in [0.2, 0.25) is 0 Å². The molecule has 1 amide bonds. The largest absolute Gasteiger partial charge is 0.449 e. The van der Waals surface area contributed by atoms with Gasteiger partial charge in [-0.2, -0.15) is 0 Å². The number of carbonyl (C=O) groups is 2. The van der Waals surface area contributed by atoms with Crippen LogP contribution in [0.15, 0.2) is 48.5 Å². The Hall–Kier alpha value is -3.62. The number of nitrogens with one attached hydrogen (secondary N) is 1. The first kappa shape index (κ1) is 21.1. The van der Waals surface area contributed by atoms with Crippen molar-refractivity contribution < 1.29 is 19.2 Å². The van der Waals surface area contributed by atoms with Gasteiger partial charge in [0.25, 0.3) is 11.6 Å². The smallest absolute Gasteiger partial charge is 0.339 e. The number of hydrogen-bond donors (Lipinski definition) is 1. The summed E-state index contributed by atoms with van der Waals surface area (Å²) in [6, 6.07) is 14.0. The number of carbonyl (C=O) groups excluding carboxylic acids is 2. The summed E-state index contributed by atoms with van der Waals surface area (Å²) in [5.41, 5.74) is 1.19. The number of rotatable bonds is 6. The fourth-order valence-electron chi connectivity index (χ4n) is 3.38. The quantitative estimate of drug-likeness (QED) is 0.442. The molecule has 1 N–H and O–H groups in total. The fraction of sp³-hybridized carbons (Fsp3) is 0.333. The van der Waals surface area contributed by atoms with Crippen LogP contribution in [0.2, 0.25) is 0 Å². The van der Waals surface area contributed by atoms with E-state index >= 15 is 0 Å². The summed E-state index contributed by atoms with van der Waals surface area (Å²) in [7, 11) is 1.55. The van der Waals surface area contributed by atoms with Crippen molar-refractivity contribution in [3.05, 3.63) is 64.2 Å². The molecule has 3 rings (SSSR count). The molecule has 30 heavy (non-hydrogen) atoms. The van der Waals surface area contributed by atoms with Gasteiger partial charge < -0.3 is 19.9 Å². The van der Waals surface area contributed by atoms with Crippen LogP contribution in [0, 0.1) is 10.1 Å². The van der Waals surface area contributed by atoms with E-state index < -0.39 is 17.0 Å². The first-order valence-corrected chi connectivity index (χ1v) is 9.66. The Morgan fingerprint density at radius 2 is 1.77 bits per heavy atom. The molecule has 1 heterocycles. The van der Waals surface area contributed by atoms with Gasteiger partial charge in [-0.3, -0.25) is 14.9 Å². The molecule has 2 aromatic carbocycles. The van der Waals surface area contributed by atoms with Crippen LogP contribution < -0.4 is 10.2 Å². The van der Waals surface area contributed by atoms with E-state index in [1.54, 1.807) is 11.9 Å². The minimum absolute atomic E-state index is 0.0225. The fourth-order valence-corrected chi connectivity index (χ4v) is 3.38. The van der Waals surface area contributed by atoms with Crippen molar-refractivity contribution in [3.63, 3.8) is 0 Å². The van der Waals surface area contributed by atoms with Crippen LogP contribution in [0.1, 0.15) is 17.3 Å². The third-order valence-electron chi connectivity index (χ3n) is 5.04. The van der Waals surface area contributed by atoms with Gasteiger partial charge in [-0.15, -0.1) is 0 Å². The molecule has 9 nitrogen and oxygen atoms in total. The van der Waals surface area contributed by atoms with E-state index in [2.05, 4.69) is 10.2 Å². The van der Waals surface area contributed by atoms with Gasteiger partial charge in [-0.25, -0.2) is 4.79 Å². The van der Waals surface area contributed by atoms with Gasteiger partial charge in [-0.1, -0.05) is 18.2 Å². The average Bonchev–Trinajstić information content (AvgIpc) is 2.78. The maximum Gasteiger partial charge on any atom is 0.339 e. The van der Waals surface area contributed by atoms with Gasteiger partial charge in [0.1, 0.15) is 5.69 Å². The van der Waals surface area contributed by atoms with Crippen LogP contribution in [-0.2, 0) is 9.53 Å². The Kier molecular flexibility index (Phi) is 6.51. The molecule has 9 heteroatoms. The van der Waals surface area contributed by atoms with Crippen molar-refractivity contribution in [2.45, 2.75) is 13.0 Å². The third kappa shape index (κ3) is 4.68. The number of piperazine rings is 1. The van der Waals surface area contributed by atoms with E-state index in [1.807, 2.05) is 30.3 Å². The second-order valence-corrected chi connectivity index (χ2v) is 6.93. The molecule has 0 bridgehead atoms. The van der Waals surface area contributed by atoms with Gasteiger partial charge in [0.15, 0.2) is 6.10 Å². The molecule has 1 fully saturated rings. The molecule has 0 unspecified atom stereocenters. The van der Waals surface area contributed by atoms with E-state index in [1.165, 1.54) is 19.1 Å². The van der Waals surface area contributed by atoms with Crippen molar-refractivity contribution in [2.75, 3.05) is 43.4 Å². The number of anilines is 2. The lowest BCUT2D eigenvalue weighted by atomic mass is 10.1. The lowest BCUT2D eigenvalue weighted by Gasteiger charge is -2.37. The molecule has 1 atom stereocenters. The lowest BCUT2D eigenvalue weighted by Crippen LogP contribution is -2.51. The molecule has 1 saturated heterocycles. The monoisotopic (exact) mass is 412 g/mol. The van der Waals surface area contributed by atoms with Crippen LogP contribution in [-0.4, -0.2) is 61.0 Å². The van der Waals surface area contributed by atoms with Gasteiger partial charge in [-0.05, 0) is 31.2 Å². The zero-order chi connectivity index (χ0) is 21.7. The summed E-state index contributed by atoms with van der Waals surface area (Å²) >= 11 is 0. The number of amides is 1. The molecule has 0 radical (unpaired) electrons. The topological polar surface area (TPSA) is 105 Å². The molecule has 0 aromatic heterocycles. The molecule has 2 aromatic rings. The summed E-state index contributed by atoms with van der Waals surface area (Å²) in [5, 5.41) is 13.9. The summed E-state index contributed by atoms with van der Waals surface area (Å²) in [6.07, 6.45) is -0.983. The van der Waals surface area contributed by atoms with Crippen LogP contribution in [0.3, 0.4) is 0 Å². The summed E-state index contributed by atoms with van der Waals surface area (Å²) in [5.74, 6) is -1.05. The van der Waals surface area contributed by atoms with E-state index in [0.717, 1.165) is 11.8 Å². The molecule has 0 spiro atoms. The van der Waals surface area contributed by atoms with E-state index in [4.69, 9.17) is 4.74 Å². The number of nitrogens with zero attached hydrogens (tertiary/aromatic N) is 3. The number of nitro groups is 1. The molecule has 1 aliphatic rings. The van der Waals surface area contributed by atoms with Crippen LogP contribution in [0.5, 0.6) is 0 Å². The Labute approximate surface area is 174 Å². The molecular formula is C21H24N4O5. The van der Waals surface area contributed by atoms with E-state index in [-0.39, 0.29) is 22.8 Å². The number of nitro benzene ring substituents is 1. The van der Waals surface area contributed by atoms with Gasteiger partial charge in [0.05, 0.1) is 10.5 Å². The summed E-state index contributed by atoms with van der Waals surface area (Å²) in [6.45, 7) is 3.94. The Balaban J connectivity index is 1.59. The Morgan fingerprint density at radius 1 is 1.10 bits per heavy atom. The number of esters is 1. The number of benzene rings is 2. The number of hydrogen-bond acceptors (Lipinski definition) is 7. The number of para-hydroxylation sites is 1. The Bertz CT molecular complexity index is 926. The minimum Gasteiger partial charge on any atom is -0.449 e. The maximum atomic E-state index is 12.7. The highest BCUT2D eigenvalue weighted by Gasteiger charge is 2.28. The van der Waals surface area contributed by atoms with Crippen molar-refractivity contribution in [1.82, 2.24) is 4.90 Å². The van der Waals surface area contributed by atoms with Crippen LogP contribution in [0.25, 0.3) is 0 Å². The van der Waals surface area contributed by atoms with Crippen LogP contribution in [0.4, 0.5) is 17.1 Å². The predicted octanol–water partition coefficient (Wildman–Crippen LogP) is 2.53. The second-order valence-electron chi connectivity index (χ2n) is 6.93. The molecular weight excluding hydrogens is 388 g/mol.